The van der Waals surface area contributed by atoms with Gasteiger partial charge in [-0.05, 0) is 25.1 Å². The molecule has 26 heavy (non-hydrogen) atoms. The fourth-order valence-electron chi connectivity index (χ4n) is 2.48. The Bertz CT molecular complexity index is 929. The topological polar surface area (TPSA) is 30.2 Å². The second kappa shape index (κ2) is 9.70. The van der Waals surface area contributed by atoms with E-state index >= 15 is 0 Å². The highest BCUT2D eigenvalue weighted by molar-refractivity contribution is 8.05. The molecule has 0 spiro atoms. The van der Waals surface area contributed by atoms with Gasteiger partial charge in [0.15, 0.2) is 5.43 Å². The monoisotopic (exact) mass is 384 g/mol. The molecule has 0 amide bonds. The largest absolute Gasteiger partial charge is 0.461 e. The SMILES string of the molecule is CC.CC.Cc1cc(=O)cc(-c2cccc3c2Sc2ccccc2S3)o1. The number of hydrogen-bond acceptors (Lipinski definition) is 4. The highest BCUT2D eigenvalue weighted by Crippen LogP contribution is 2.51. The van der Waals surface area contributed by atoms with Crippen LogP contribution in [0.3, 0.4) is 0 Å². The molecule has 0 aliphatic carbocycles. The van der Waals surface area contributed by atoms with Crippen molar-refractivity contribution in [1.29, 1.82) is 0 Å². The fraction of sp³-hybridized carbons (Fsp3) is 0.227. The first kappa shape index (κ1) is 20.4. The third-order valence-electron chi connectivity index (χ3n) is 3.42. The molecule has 0 atom stereocenters. The van der Waals surface area contributed by atoms with E-state index in [0.29, 0.717) is 11.5 Å². The van der Waals surface area contributed by atoms with E-state index < -0.39 is 0 Å². The Morgan fingerprint density at radius 1 is 0.769 bits per heavy atom. The van der Waals surface area contributed by atoms with Crippen molar-refractivity contribution in [3.8, 4) is 11.3 Å². The van der Waals surface area contributed by atoms with Crippen molar-refractivity contribution in [2.24, 2.45) is 0 Å². The Morgan fingerprint density at radius 2 is 1.38 bits per heavy atom. The predicted octanol–water partition coefficient (Wildman–Crippen LogP) is 7.28. The lowest BCUT2D eigenvalue weighted by Crippen LogP contribution is -1.99. The molecule has 0 N–H and O–H groups in total. The number of benzene rings is 2. The normalized spacial score (nSPS) is 11.1. The van der Waals surface area contributed by atoms with Crippen molar-refractivity contribution < 1.29 is 4.42 Å². The Morgan fingerprint density at radius 3 is 2.04 bits per heavy atom. The lowest BCUT2D eigenvalue weighted by molar-refractivity contribution is 0.528. The summed E-state index contributed by atoms with van der Waals surface area (Å²) in [6.45, 7) is 9.80. The van der Waals surface area contributed by atoms with E-state index in [9.17, 15) is 4.79 Å². The summed E-state index contributed by atoms with van der Waals surface area (Å²) in [5, 5.41) is 0. The van der Waals surface area contributed by atoms with Crippen LogP contribution in [0.25, 0.3) is 11.3 Å². The van der Waals surface area contributed by atoms with E-state index in [4.69, 9.17) is 4.42 Å². The molecule has 2 nitrogen and oxygen atoms in total. The average molecular weight is 385 g/mol. The molecule has 0 bridgehead atoms. The maximum Gasteiger partial charge on any atom is 0.185 e. The van der Waals surface area contributed by atoms with Crippen LogP contribution in [0.15, 0.2) is 83.4 Å². The van der Waals surface area contributed by atoms with Crippen molar-refractivity contribution in [3.05, 3.63) is 70.6 Å². The van der Waals surface area contributed by atoms with Gasteiger partial charge in [-0.1, -0.05) is 75.5 Å². The van der Waals surface area contributed by atoms with Gasteiger partial charge in [-0.25, -0.2) is 0 Å². The Balaban J connectivity index is 0.000000570. The molecular weight excluding hydrogens is 360 g/mol. The van der Waals surface area contributed by atoms with E-state index in [1.54, 1.807) is 36.5 Å². The fourth-order valence-corrected chi connectivity index (χ4v) is 4.86. The molecule has 1 aliphatic rings. The van der Waals surface area contributed by atoms with Crippen LogP contribution in [0.4, 0.5) is 0 Å². The standard InChI is InChI=1S/C18H12O2S2.2C2H6/c1-11-9-12(19)10-14(20-11)13-5-4-8-17-18(13)22-16-7-3-2-6-15(16)21-17;2*1-2/h2-10H,1H3;2*1-2H3. The summed E-state index contributed by atoms with van der Waals surface area (Å²) in [5.74, 6) is 1.27. The third-order valence-corrected chi connectivity index (χ3v) is 6.03. The van der Waals surface area contributed by atoms with Gasteiger partial charge < -0.3 is 4.42 Å². The van der Waals surface area contributed by atoms with Gasteiger partial charge in [0.05, 0.1) is 0 Å². The number of fused-ring (bicyclic) bond motifs is 2. The molecule has 2 heterocycles. The Kier molecular flexibility index (Phi) is 7.61. The zero-order chi connectivity index (χ0) is 19.1. The van der Waals surface area contributed by atoms with Crippen molar-refractivity contribution >= 4 is 23.5 Å². The molecule has 0 unspecified atom stereocenters. The van der Waals surface area contributed by atoms with Crippen LogP contribution in [0.2, 0.25) is 0 Å². The molecule has 4 heteroatoms. The second-order valence-corrected chi connectivity index (χ2v) is 7.19. The van der Waals surface area contributed by atoms with Crippen molar-refractivity contribution in [3.63, 3.8) is 0 Å². The molecule has 0 saturated heterocycles. The van der Waals surface area contributed by atoms with Crippen LogP contribution in [0, 0.1) is 6.92 Å². The lowest BCUT2D eigenvalue weighted by atomic mass is 10.1. The van der Waals surface area contributed by atoms with Gasteiger partial charge in [-0.2, -0.15) is 0 Å². The van der Waals surface area contributed by atoms with Gasteiger partial charge in [0, 0.05) is 37.3 Å². The minimum Gasteiger partial charge on any atom is -0.461 e. The first-order valence-corrected chi connectivity index (χ1v) is 10.5. The van der Waals surface area contributed by atoms with Crippen LogP contribution in [-0.4, -0.2) is 0 Å². The quantitative estimate of drug-likeness (QED) is 0.345. The van der Waals surface area contributed by atoms with Crippen LogP contribution in [0.1, 0.15) is 33.5 Å². The molecule has 0 saturated carbocycles. The van der Waals surface area contributed by atoms with Crippen LogP contribution in [0.5, 0.6) is 0 Å². The molecule has 0 radical (unpaired) electrons. The number of hydrogen-bond donors (Lipinski definition) is 0. The molecule has 0 fully saturated rings. The summed E-state index contributed by atoms with van der Waals surface area (Å²) in [5.41, 5.74) is 0.954. The zero-order valence-electron chi connectivity index (χ0n) is 15.8. The van der Waals surface area contributed by atoms with Crippen molar-refractivity contribution in [2.45, 2.75) is 54.2 Å². The van der Waals surface area contributed by atoms with Gasteiger partial charge >= 0.3 is 0 Å². The first-order chi connectivity index (χ1) is 12.7. The van der Waals surface area contributed by atoms with E-state index in [2.05, 4.69) is 24.3 Å². The summed E-state index contributed by atoms with van der Waals surface area (Å²) in [6, 6.07) is 17.6. The van der Waals surface area contributed by atoms with E-state index in [1.807, 2.05) is 45.9 Å². The highest BCUT2D eigenvalue weighted by Gasteiger charge is 2.21. The highest BCUT2D eigenvalue weighted by atomic mass is 32.2. The summed E-state index contributed by atoms with van der Waals surface area (Å²) >= 11 is 3.49. The molecule has 3 aromatic rings. The average Bonchev–Trinajstić information content (AvgIpc) is 2.68. The van der Waals surface area contributed by atoms with Crippen LogP contribution in [-0.2, 0) is 0 Å². The summed E-state index contributed by atoms with van der Waals surface area (Å²) in [7, 11) is 0. The minimum absolute atomic E-state index is 0.0229. The molecule has 2 aromatic carbocycles. The van der Waals surface area contributed by atoms with Crippen LogP contribution >= 0.6 is 23.5 Å². The minimum atomic E-state index is -0.0229. The van der Waals surface area contributed by atoms with Crippen molar-refractivity contribution in [2.75, 3.05) is 0 Å². The third kappa shape index (κ3) is 4.43. The van der Waals surface area contributed by atoms with E-state index in [-0.39, 0.29) is 5.43 Å². The lowest BCUT2D eigenvalue weighted by Gasteiger charge is -2.20. The number of rotatable bonds is 1. The molecule has 1 aliphatic heterocycles. The second-order valence-electron chi connectivity index (χ2n) is 5.05. The van der Waals surface area contributed by atoms with Crippen molar-refractivity contribution in [1.82, 2.24) is 0 Å². The van der Waals surface area contributed by atoms with Gasteiger partial charge in [-0.3, -0.25) is 4.79 Å². The summed E-state index contributed by atoms with van der Waals surface area (Å²) in [6.07, 6.45) is 0. The summed E-state index contributed by atoms with van der Waals surface area (Å²) in [4.78, 5) is 16.6. The first-order valence-electron chi connectivity index (χ1n) is 8.90. The Hall–Kier alpha value is -1.91. The van der Waals surface area contributed by atoms with E-state index in [0.717, 1.165) is 10.5 Å². The maximum atomic E-state index is 11.8. The van der Waals surface area contributed by atoms with Crippen LogP contribution < -0.4 is 5.43 Å². The van der Waals surface area contributed by atoms with Gasteiger partial charge in [-0.15, -0.1) is 0 Å². The van der Waals surface area contributed by atoms with E-state index in [1.165, 1.54) is 20.8 Å². The van der Waals surface area contributed by atoms with Gasteiger partial charge in [0.1, 0.15) is 11.5 Å². The van der Waals surface area contributed by atoms with Gasteiger partial charge in [0.25, 0.3) is 0 Å². The predicted molar refractivity (Wildman–Crippen MR) is 113 cm³/mol. The summed E-state index contributed by atoms with van der Waals surface area (Å²) < 4.78 is 5.78. The maximum absolute atomic E-state index is 11.8. The molecule has 1 aromatic heterocycles. The van der Waals surface area contributed by atoms with Gasteiger partial charge in [0.2, 0.25) is 0 Å². The smallest absolute Gasteiger partial charge is 0.185 e. The molecular formula is C22H24O2S2. The zero-order valence-corrected chi connectivity index (χ0v) is 17.5. The molecule has 4 rings (SSSR count). The number of aryl methyl sites for hydroxylation is 1. The Labute approximate surface area is 164 Å². The molecule has 136 valence electrons.